The molecule has 0 saturated carbocycles. The molecule has 3 aromatic rings. The monoisotopic (exact) mass is 344 g/mol. The zero-order valence-electron chi connectivity index (χ0n) is 12.2. The van der Waals surface area contributed by atoms with Crippen molar-refractivity contribution in [3.63, 3.8) is 0 Å². The van der Waals surface area contributed by atoms with Crippen LogP contribution in [0.15, 0.2) is 30.7 Å². The van der Waals surface area contributed by atoms with Gasteiger partial charge in [0.15, 0.2) is 23.4 Å². The molecular formula is C14H9ClN6O3. The minimum absolute atomic E-state index is 0.0344. The Bertz CT molecular complexity index is 994. The van der Waals surface area contributed by atoms with E-state index in [0.29, 0.717) is 16.8 Å². The van der Waals surface area contributed by atoms with E-state index in [1.807, 2.05) is 6.07 Å². The van der Waals surface area contributed by atoms with Crippen LogP contribution in [0.4, 0.5) is 11.5 Å². The molecule has 0 bridgehead atoms. The van der Waals surface area contributed by atoms with Gasteiger partial charge in [0.05, 0.1) is 11.8 Å². The maximum absolute atomic E-state index is 11.0. The van der Waals surface area contributed by atoms with Gasteiger partial charge in [-0.2, -0.15) is 10.4 Å². The van der Waals surface area contributed by atoms with E-state index >= 15 is 0 Å². The molecule has 10 heteroatoms. The first-order valence-electron chi connectivity index (χ1n) is 6.61. The van der Waals surface area contributed by atoms with Crippen LogP contribution >= 0.6 is 11.6 Å². The first-order chi connectivity index (χ1) is 11.5. The van der Waals surface area contributed by atoms with Crippen molar-refractivity contribution < 1.29 is 9.66 Å². The third-order valence-corrected chi connectivity index (χ3v) is 3.59. The predicted octanol–water partition coefficient (Wildman–Crippen LogP) is 3.00. The zero-order chi connectivity index (χ0) is 17.3. The lowest BCUT2D eigenvalue weighted by Crippen LogP contribution is -2.01. The number of pyridine rings is 2. The lowest BCUT2D eigenvalue weighted by atomic mass is 10.3. The van der Waals surface area contributed by atoms with Crippen LogP contribution in [0.2, 0.25) is 5.02 Å². The number of nitriles is 1. The van der Waals surface area contributed by atoms with Crippen molar-refractivity contribution in [2.45, 2.75) is 0 Å². The molecule has 3 aromatic heterocycles. The van der Waals surface area contributed by atoms with Crippen molar-refractivity contribution in [1.82, 2.24) is 14.6 Å². The minimum Gasteiger partial charge on any atom is -0.448 e. The van der Waals surface area contributed by atoms with E-state index in [0.717, 1.165) is 0 Å². The molecule has 0 atom stereocenters. The van der Waals surface area contributed by atoms with Crippen molar-refractivity contribution in [3.05, 3.63) is 51.4 Å². The summed E-state index contributed by atoms with van der Waals surface area (Å²) < 4.78 is 7.18. The Kier molecular flexibility index (Phi) is 3.89. The van der Waals surface area contributed by atoms with E-state index in [-0.39, 0.29) is 16.5 Å². The van der Waals surface area contributed by atoms with Crippen LogP contribution in [0.1, 0.15) is 5.56 Å². The molecule has 0 aliphatic heterocycles. The highest BCUT2D eigenvalue weighted by Crippen LogP contribution is 2.39. The molecule has 0 amide bonds. The minimum atomic E-state index is -0.639. The summed E-state index contributed by atoms with van der Waals surface area (Å²) in [4.78, 5) is 14.1. The van der Waals surface area contributed by atoms with Gasteiger partial charge in [0.2, 0.25) is 0 Å². The molecule has 0 aliphatic carbocycles. The van der Waals surface area contributed by atoms with Crippen molar-refractivity contribution in [2.75, 3.05) is 12.4 Å². The van der Waals surface area contributed by atoms with Crippen LogP contribution in [0.25, 0.3) is 5.52 Å². The topological polar surface area (TPSA) is 118 Å². The number of rotatable bonds is 4. The number of halogens is 1. The first-order valence-corrected chi connectivity index (χ1v) is 6.99. The van der Waals surface area contributed by atoms with Gasteiger partial charge < -0.3 is 20.2 Å². The fraction of sp³-hybridized carbons (Fsp3) is 0.0714. The van der Waals surface area contributed by atoms with Gasteiger partial charge in [-0.15, -0.1) is 0 Å². The van der Waals surface area contributed by atoms with Crippen LogP contribution in [0.3, 0.4) is 0 Å². The molecule has 0 unspecified atom stereocenters. The summed E-state index contributed by atoms with van der Waals surface area (Å²) in [6, 6.07) is 5.31. The fourth-order valence-electron chi connectivity index (χ4n) is 2.12. The average Bonchev–Trinajstić information content (AvgIpc) is 2.98. The molecule has 1 N–H and O–H groups in total. The largest absolute Gasteiger partial charge is 0.448 e. The Labute approximate surface area is 140 Å². The maximum Gasteiger partial charge on any atom is 0.388 e. The summed E-state index contributed by atoms with van der Waals surface area (Å²) >= 11 is 6.17. The Hall–Kier alpha value is -3.38. The third-order valence-electron chi connectivity index (χ3n) is 3.22. The standard InChI is InChI=1S/C14H9ClN6O3/c1-17-13-12(15)11(5-18-14(13)21(22)23)24-10-6-19-20-7-8(4-16)2-3-9(10)20/h2-3,5-7,17H,1H3. The van der Waals surface area contributed by atoms with E-state index < -0.39 is 10.7 Å². The Balaban J connectivity index is 2.03. The molecule has 120 valence electrons. The molecule has 0 aliphatic rings. The molecule has 0 fully saturated rings. The molecule has 9 nitrogen and oxygen atoms in total. The van der Waals surface area contributed by atoms with Crippen molar-refractivity contribution in [1.29, 1.82) is 5.26 Å². The maximum atomic E-state index is 11.0. The highest BCUT2D eigenvalue weighted by atomic mass is 35.5. The summed E-state index contributed by atoms with van der Waals surface area (Å²) in [7, 11) is 1.50. The van der Waals surface area contributed by atoms with E-state index in [9.17, 15) is 10.1 Å². The number of nitrogens with zero attached hydrogens (tertiary/aromatic N) is 5. The molecule has 0 radical (unpaired) electrons. The van der Waals surface area contributed by atoms with Crippen LogP contribution in [0.5, 0.6) is 11.5 Å². The van der Waals surface area contributed by atoms with Gasteiger partial charge in [-0.3, -0.25) is 0 Å². The lowest BCUT2D eigenvalue weighted by Gasteiger charge is -2.08. The van der Waals surface area contributed by atoms with Crippen molar-refractivity contribution in [2.24, 2.45) is 0 Å². The highest BCUT2D eigenvalue weighted by Gasteiger charge is 2.23. The van der Waals surface area contributed by atoms with E-state index in [1.54, 1.807) is 18.3 Å². The number of ether oxygens (including phenoxy) is 1. The van der Waals surface area contributed by atoms with Crippen LogP contribution in [0, 0.1) is 21.4 Å². The first kappa shape index (κ1) is 15.5. The highest BCUT2D eigenvalue weighted by molar-refractivity contribution is 6.35. The normalized spacial score (nSPS) is 10.4. The number of aromatic nitrogens is 3. The van der Waals surface area contributed by atoms with Gasteiger partial charge in [0.25, 0.3) is 0 Å². The summed E-state index contributed by atoms with van der Waals surface area (Å²) in [6.07, 6.45) is 4.18. The number of hydrogen-bond donors (Lipinski definition) is 1. The number of fused-ring (bicyclic) bond motifs is 1. The van der Waals surface area contributed by atoms with Gasteiger partial charge in [-0.25, -0.2) is 4.52 Å². The Morgan fingerprint density at radius 3 is 2.88 bits per heavy atom. The molecule has 3 heterocycles. The lowest BCUT2D eigenvalue weighted by molar-refractivity contribution is -0.388. The van der Waals surface area contributed by atoms with Crippen LogP contribution < -0.4 is 10.1 Å². The number of nitro groups is 1. The predicted molar refractivity (Wildman–Crippen MR) is 85.4 cm³/mol. The smallest absolute Gasteiger partial charge is 0.388 e. The molecule has 0 spiro atoms. The van der Waals surface area contributed by atoms with E-state index in [4.69, 9.17) is 21.6 Å². The second kappa shape index (κ2) is 6.02. The van der Waals surface area contributed by atoms with Gasteiger partial charge in [0, 0.05) is 13.2 Å². The number of anilines is 1. The average molecular weight is 345 g/mol. The number of hydrogen-bond acceptors (Lipinski definition) is 7. The summed E-state index contributed by atoms with van der Waals surface area (Å²) in [5, 5.41) is 26.6. The van der Waals surface area contributed by atoms with E-state index in [1.165, 1.54) is 24.0 Å². The second-order valence-electron chi connectivity index (χ2n) is 4.61. The summed E-state index contributed by atoms with van der Waals surface area (Å²) in [5.74, 6) is 0.123. The molecule has 0 aromatic carbocycles. The summed E-state index contributed by atoms with van der Waals surface area (Å²) in [6.45, 7) is 0. The molecule has 0 saturated heterocycles. The molecule has 3 rings (SSSR count). The SMILES string of the molecule is CNc1c([N+](=O)[O-])ncc(Oc2cnn3cc(C#N)ccc23)c1Cl. The fourth-order valence-corrected chi connectivity index (χ4v) is 2.38. The van der Waals surface area contributed by atoms with Gasteiger partial charge in [-0.05, 0) is 22.0 Å². The Morgan fingerprint density at radius 1 is 1.42 bits per heavy atom. The third kappa shape index (κ3) is 2.55. The van der Waals surface area contributed by atoms with Gasteiger partial charge in [0.1, 0.15) is 16.6 Å². The van der Waals surface area contributed by atoms with Gasteiger partial charge >= 0.3 is 5.82 Å². The second-order valence-corrected chi connectivity index (χ2v) is 4.99. The quantitative estimate of drug-likeness (QED) is 0.570. The molecule has 24 heavy (non-hydrogen) atoms. The van der Waals surface area contributed by atoms with Crippen LogP contribution in [-0.4, -0.2) is 26.6 Å². The zero-order valence-corrected chi connectivity index (χ0v) is 13.0. The Morgan fingerprint density at radius 2 is 2.21 bits per heavy atom. The summed E-state index contributed by atoms with van der Waals surface area (Å²) in [5.41, 5.74) is 1.11. The number of nitrogens with one attached hydrogen (secondary N) is 1. The van der Waals surface area contributed by atoms with Crippen molar-refractivity contribution >= 4 is 28.6 Å². The molecular weight excluding hydrogens is 336 g/mol. The van der Waals surface area contributed by atoms with Crippen molar-refractivity contribution in [3.8, 4) is 17.6 Å². The van der Waals surface area contributed by atoms with Gasteiger partial charge in [-0.1, -0.05) is 11.6 Å². The van der Waals surface area contributed by atoms with E-state index in [2.05, 4.69) is 15.4 Å². The van der Waals surface area contributed by atoms with Crippen LogP contribution in [-0.2, 0) is 0 Å².